The molecule has 1 fully saturated rings. The maximum atomic E-state index is 13.5. The van der Waals surface area contributed by atoms with Crippen LogP contribution in [0.2, 0.25) is 0 Å². The zero-order valence-electron chi connectivity index (χ0n) is 21.9. The highest BCUT2D eigenvalue weighted by Crippen LogP contribution is 2.21. The Morgan fingerprint density at radius 1 is 0.971 bits per heavy atom. The van der Waals surface area contributed by atoms with Crippen molar-refractivity contribution in [2.45, 2.75) is 96.7 Å². The van der Waals surface area contributed by atoms with Crippen LogP contribution in [0.4, 0.5) is 0 Å². The molecule has 0 radical (unpaired) electrons. The lowest BCUT2D eigenvalue weighted by Crippen LogP contribution is -2.51. The molecule has 3 rings (SSSR count). The number of aryl methyl sites for hydroxylation is 1. The van der Waals surface area contributed by atoms with Crippen LogP contribution in [0.5, 0.6) is 5.75 Å². The number of nitrogens with zero attached hydrogens (tertiary/aromatic N) is 1. The molecule has 2 aromatic carbocycles. The lowest BCUT2D eigenvalue weighted by atomic mass is 9.95. The first-order valence-electron chi connectivity index (χ1n) is 13.2. The Hall–Kier alpha value is -2.82. The number of nitrogens with one attached hydrogen (secondary N) is 1. The minimum Gasteiger partial charge on any atom is -0.497 e. The fraction of sp³-hybridized carbons (Fsp3) is 0.533. The summed E-state index contributed by atoms with van der Waals surface area (Å²) < 4.78 is 5.28. The molecule has 1 unspecified atom stereocenters. The van der Waals surface area contributed by atoms with Crippen molar-refractivity contribution in [1.82, 2.24) is 10.2 Å². The maximum Gasteiger partial charge on any atom is 0.243 e. The Bertz CT molecular complexity index is 931. The molecule has 0 heterocycles. The van der Waals surface area contributed by atoms with Crippen LogP contribution in [0.25, 0.3) is 0 Å². The topological polar surface area (TPSA) is 58.6 Å². The molecule has 0 aromatic heterocycles. The second kappa shape index (κ2) is 13.3. The molecule has 1 aliphatic rings. The Balaban J connectivity index is 1.73. The molecule has 5 heteroatoms. The highest BCUT2D eigenvalue weighted by atomic mass is 16.5. The first-order valence-corrected chi connectivity index (χ1v) is 13.2. The first-order chi connectivity index (χ1) is 16.9. The Morgan fingerprint density at radius 2 is 1.60 bits per heavy atom. The molecular weight excluding hydrogens is 436 g/mol. The van der Waals surface area contributed by atoms with Crippen LogP contribution in [0, 0.1) is 0 Å². The van der Waals surface area contributed by atoms with Gasteiger partial charge in [-0.1, -0.05) is 76.4 Å². The Morgan fingerprint density at radius 3 is 2.17 bits per heavy atom. The number of rotatable bonds is 11. The van der Waals surface area contributed by atoms with Gasteiger partial charge in [-0.15, -0.1) is 0 Å². The average Bonchev–Trinajstić information content (AvgIpc) is 2.88. The van der Waals surface area contributed by atoms with Crippen molar-refractivity contribution in [3.63, 3.8) is 0 Å². The van der Waals surface area contributed by atoms with Crippen LogP contribution in [-0.2, 0) is 22.6 Å². The van der Waals surface area contributed by atoms with E-state index in [-0.39, 0.29) is 17.9 Å². The molecular formula is C30H42N2O3. The van der Waals surface area contributed by atoms with Gasteiger partial charge in [0.1, 0.15) is 11.8 Å². The fourth-order valence-corrected chi connectivity index (χ4v) is 4.86. The van der Waals surface area contributed by atoms with Gasteiger partial charge in [-0.25, -0.2) is 0 Å². The smallest absolute Gasteiger partial charge is 0.243 e. The average molecular weight is 479 g/mol. The van der Waals surface area contributed by atoms with Gasteiger partial charge in [0.05, 0.1) is 7.11 Å². The standard InChI is InChI=1S/C30H42N2O3/c1-5-28(30(34)31-26-9-7-6-8-10-26)32(21-24-13-18-27(35-4)19-14-24)29(33)20-15-23-11-16-25(17-12-23)22(2)3/h11-14,16-19,22,26,28H,5-10,15,20-21H2,1-4H3,(H,31,34). The van der Waals surface area contributed by atoms with Gasteiger partial charge in [0, 0.05) is 19.0 Å². The molecule has 0 saturated heterocycles. The van der Waals surface area contributed by atoms with Crippen LogP contribution in [0.1, 0.15) is 88.3 Å². The summed E-state index contributed by atoms with van der Waals surface area (Å²) in [5, 5.41) is 3.25. The normalized spacial score (nSPS) is 15.0. The molecule has 1 aliphatic carbocycles. The van der Waals surface area contributed by atoms with Crippen LogP contribution in [-0.4, -0.2) is 35.9 Å². The zero-order valence-corrected chi connectivity index (χ0v) is 21.9. The number of hydrogen-bond acceptors (Lipinski definition) is 3. The van der Waals surface area contributed by atoms with E-state index >= 15 is 0 Å². The highest BCUT2D eigenvalue weighted by Gasteiger charge is 2.30. The van der Waals surface area contributed by atoms with Crippen molar-refractivity contribution in [2.75, 3.05) is 7.11 Å². The molecule has 5 nitrogen and oxygen atoms in total. The minimum absolute atomic E-state index is 0.0133. The van der Waals surface area contributed by atoms with E-state index in [0.29, 0.717) is 31.7 Å². The quantitative estimate of drug-likeness (QED) is 0.430. The van der Waals surface area contributed by atoms with E-state index in [2.05, 4.69) is 43.4 Å². The van der Waals surface area contributed by atoms with Gasteiger partial charge < -0.3 is 15.0 Å². The van der Waals surface area contributed by atoms with Crippen molar-refractivity contribution in [1.29, 1.82) is 0 Å². The van der Waals surface area contributed by atoms with Gasteiger partial charge in [0.15, 0.2) is 0 Å². The zero-order chi connectivity index (χ0) is 25.2. The van der Waals surface area contributed by atoms with Crippen molar-refractivity contribution in [3.05, 3.63) is 65.2 Å². The van der Waals surface area contributed by atoms with Crippen LogP contribution >= 0.6 is 0 Å². The van der Waals surface area contributed by atoms with Crippen molar-refractivity contribution >= 4 is 11.8 Å². The summed E-state index contributed by atoms with van der Waals surface area (Å²) in [5.41, 5.74) is 3.43. The van der Waals surface area contributed by atoms with E-state index in [1.165, 1.54) is 12.0 Å². The third-order valence-corrected chi connectivity index (χ3v) is 7.12. The Kier molecular flexibility index (Phi) is 10.2. The number of benzene rings is 2. The summed E-state index contributed by atoms with van der Waals surface area (Å²) >= 11 is 0. The molecule has 2 aromatic rings. The lowest BCUT2D eigenvalue weighted by molar-refractivity contribution is -0.141. The van der Waals surface area contributed by atoms with Crippen LogP contribution in [0.15, 0.2) is 48.5 Å². The monoisotopic (exact) mass is 478 g/mol. The predicted octanol–water partition coefficient (Wildman–Crippen LogP) is 6.01. The van der Waals surface area contributed by atoms with Gasteiger partial charge >= 0.3 is 0 Å². The summed E-state index contributed by atoms with van der Waals surface area (Å²) in [6.07, 6.45) is 7.24. The van der Waals surface area contributed by atoms with E-state index in [1.807, 2.05) is 31.2 Å². The number of methoxy groups -OCH3 is 1. The number of carbonyl (C=O) groups excluding carboxylic acids is 2. The van der Waals surface area contributed by atoms with Gasteiger partial charge in [-0.3, -0.25) is 9.59 Å². The van der Waals surface area contributed by atoms with Crippen molar-refractivity contribution < 1.29 is 14.3 Å². The predicted molar refractivity (Wildman–Crippen MR) is 141 cm³/mol. The third kappa shape index (κ3) is 7.84. The molecule has 190 valence electrons. The molecule has 2 amide bonds. The molecule has 0 aliphatic heterocycles. The first kappa shape index (κ1) is 26.8. The van der Waals surface area contributed by atoms with Crippen LogP contribution in [0.3, 0.4) is 0 Å². The Labute approximate surface area is 211 Å². The van der Waals surface area contributed by atoms with E-state index in [1.54, 1.807) is 12.0 Å². The summed E-state index contributed by atoms with van der Waals surface area (Å²) in [5.74, 6) is 1.25. The third-order valence-electron chi connectivity index (χ3n) is 7.12. The minimum atomic E-state index is -0.477. The highest BCUT2D eigenvalue weighted by molar-refractivity contribution is 5.88. The van der Waals surface area contributed by atoms with E-state index in [4.69, 9.17) is 4.74 Å². The second-order valence-electron chi connectivity index (χ2n) is 10.0. The fourth-order valence-electron chi connectivity index (χ4n) is 4.86. The second-order valence-corrected chi connectivity index (χ2v) is 10.0. The molecule has 1 N–H and O–H groups in total. The molecule has 35 heavy (non-hydrogen) atoms. The van der Waals surface area contributed by atoms with E-state index < -0.39 is 6.04 Å². The number of amides is 2. The van der Waals surface area contributed by atoms with Crippen LogP contribution < -0.4 is 10.1 Å². The van der Waals surface area contributed by atoms with E-state index in [9.17, 15) is 9.59 Å². The molecule has 1 atom stereocenters. The summed E-state index contributed by atoms with van der Waals surface area (Å²) in [4.78, 5) is 28.6. The van der Waals surface area contributed by atoms with Crippen molar-refractivity contribution in [3.8, 4) is 5.75 Å². The number of ether oxygens (including phenoxy) is 1. The summed E-state index contributed by atoms with van der Waals surface area (Å²) in [6, 6.07) is 16.0. The summed E-state index contributed by atoms with van der Waals surface area (Å²) in [6.45, 7) is 6.76. The van der Waals surface area contributed by atoms with Crippen molar-refractivity contribution in [2.24, 2.45) is 0 Å². The molecule has 0 bridgehead atoms. The number of hydrogen-bond donors (Lipinski definition) is 1. The van der Waals surface area contributed by atoms with Gasteiger partial charge in [0.2, 0.25) is 11.8 Å². The largest absolute Gasteiger partial charge is 0.497 e. The maximum absolute atomic E-state index is 13.5. The van der Waals surface area contributed by atoms with Gasteiger partial charge in [-0.2, -0.15) is 0 Å². The lowest BCUT2D eigenvalue weighted by Gasteiger charge is -2.33. The number of carbonyl (C=O) groups is 2. The summed E-state index contributed by atoms with van der Waals surface area (Å²) in [7, 11) is 1.64. The van der Waals surface area contributed by atoms with E-state index in [0.717, 1.165) is 42.6 Å². The SMILES string of the molecule is CCC(C(=O)NC1CCCCC1)N(Cc1ccc(OC)cc1)C(=O)CCc1ccc(C(C)C)cc1. The van der Waals surface area contributed by atoms with Gasteiger partial charge in [0.25, 0.3) is 0 Å². The van der Waals surface area contributed by atoms with Gasteiger partial charge in [-0.05, 0) is 60.4 Å². The molecule has 0 spiro atoms. The molecule has 1 saturated carbocycles.